The molecule has 0 aromatic carbocycles. The molecule has 1 fully saturated rings. The zero-order valence-corrected chi connectivity index (χ0v) is 12.8. The Kier molecular flexibility index (Phi) is 4.12. The maximum absolute atomic E-state index is 12.5. The first kappa shape index (κ1) is 14.3. The van der Waals surface area contributed by atoms with Gasteiger partial charge in [0.05, 0.1) is 0 Å². The average Bonchev–Trinajstić information content (AvgIpc) is 2.89. The van der Waals surface area contributed by atoms with Crippen LogP contribution in [-0.4, -0.2) is 48.0 Å². The summed E-state index contributed by atoms with van der Waals surface area (Å²) < 4.78 is 0. The number of piperidine rings is 1. The number of nitrogens with two attached hydrogens (primary N) is 2. The van der Waals surface area contributed by atoms with Gasteiger partial charge in [-0.25, -0.2) is 4.98 Å². The first-order valence-corrected chi connectivity index (χ1v) is 8.18. The Balaban J connectivity index is 1.77. The van der Waals surface area contributed by atoms with E-state index in [1.807, 2.05) is 11.0 Å². The maximum Gasteiger partial charge on any atom is 0.268 e. The molecule has 1 atom stereocenters. The second-order valence-corrected chi connectivity index (χ2v) is 6.55. The number of aromatic nitrogens is 1. The molecule has 0 saturated carbocycles. The highest BCUT2D eigenvalue weighted by molar-refractivity contribution is 7.18. The number of hydrogen-bond donors (Lipinski definition) is 2. The van der Waals surface area contributed by atoms with Crippen molar-refractivity contribution in [3.8, 4) is 0 Å². The molecule has 1 aromatic heterocycles. The SMILES string of the molecule is Nc1nc(N2CCCC(N)C2)sc1C(=O)N1CC=CCC1. The van der Waals surface area contributed by atoms with Crippen LogP contribution in [0.3, 0.4) is 0 Å². The minimum Gasteiger partial charge on any atom is -0.382 e. The number of thiazole rings is 1. The molecule has 1 aromatic rings. The number of nitrogen functional groups attached to an aromatic ring is 1. The molecular formula is C14H21N5OS. The third-order valence-corrected chi connectivity index (χ3v) is 5.03. The lowest BCUT2D eigenvalue weighted by atomic mass is 10.1. The van der Waals surface area contributed by atoms with Gasteiger partial charge < -0.3 is 21.3 Å². The lowest BCUT2D eigenvalue weighted by Crippen LogP contribution is -2.42. The van der Waals surface area contributed by atoms with Crippen molar-refractivity contribution in [3.05, 3.63) is 17.0 Å². The normalized spacial score (nSPS) is 22.6. The zero-order chi connectivity index (χ0) is 14.8. The van der Waals surface area contributed by atoms with Crippen LogP contribution < -0.4 is 16.4 Å². The first-order valence-electron chi connectivity index (χ1n) is 7.36. The molecule has 3 rings (SSSR count). The van der Waals surface area contributed by atoms with Crippen molar-refractivity contribution in [2.75, 3.05) is 36.8 Å². The van der Waals surface area contributed by atoms with E-state index in [-0.39, 0.29) is 11.9 Å². The molecule has 2 aliphatic heterocycles. The van der Waals surface area contributed by atoms with Crippen LogP contribution in [0.4, 0.5) is 10.9 Å². The van der Waals surface area contributed by atoms with Crippen LogP contribution in [0.5, 0.6) is 0 Å². The van der Waals surface area contributed by atoms with Crippen molar-refractivity contribution >= 4 is 28.2 Å². The molecule has 0 radical (unpaired) electrons. The summed E-state index contributed by atoms with van der Waals surface area (Å²) in [6.07, 6.45) is 7.12. The third-order valence-electron chi connectivity index (χ3n) is 3.91. The Morgan fingerprint density at radius 2 is 2.24 bits per heavy atom. The number of hydrogen-bond acceptors (Lipinski definition) is 6. The van der Waals surface area contributed by atoms with Crippen LogP contribution >= 0.6 is 11.3 Å². The highest BCUT2D eigenvalue weighted by atomic mass is 32.1. The molecule has 114 valence electrons. The number of amides is 1. The van der Waals surface area contributed by atoms with Crippen LogP contribution in [0.1, 0.15) is 28.9 Å². The Morgan fingerprint density at radius 3 is 2.95 bits per heavy atom. The molecule has 0 spiro atoms. The highest BCUT2D eigenvalue weighted by Gasteiger charge is 2.25. The summed E-state index contributed by atoms with van der Waals surface area (Å²) in [5.74, 6) is 0.329. The van der Waals surface area contributed by atoms with Crippen LogP contribution in [-0.2, 0) is 0 Å². The van der Waals surface area contributed by atoms with Crippen molar-refractivity contribution < 1.29 is 4.79 Å². The minimum atomic E-state index is -0.0121. The second-order valence-electron chi connectivity index (χ2n) is 5.57. The summed E-state index contributed by atoms with van der Waals surface area (Å²) in [7, 11) is 0. The van der Waals surface area contributed by atoms with E-state index in [0.717, 1.165) is 44.0 Å². The van der Waals surface area contributed by atoms with E-state index >= 15 is 0 Å². The fraction of sp³-hybridized carbons (Fsp3) is 0.571. The fourth-order valence-electron chi connectivity index (χ4n) is 2.76. The first-order chi connectivity index (χ1) is 10.1. The van der Waals surface area contributed by atoms with Crippen molar-refractivity contribution in [1.29, 1.82) is 0 Å². The monoisotopic (exact) mass is 307 g/mol. The van der Waals surface area contributed by atoms with E-state index in [9.17, 15) is 4.79 Å². The molecule has 1 unspecified atom stereocenters. The molecule has 2 aliphatic rings. The van der Waals surface area contributed by atoms with Gasteiger partial charge in [0.15, 0.2) is 5.13 Å². The van der Waals surface area contributed by atoms with E-state index < -0.39 is 0 Å². The average molecular weight is 307 g/mol. The highest BCUT2D eigenvalue weighted by Crippen LogP contribution is 2.31. The Hall–Kier alpha value is -1.60. The van der Waals surface area contributed by atoms with E-state index in [1.54, 1.807) is 0 Å². The fourth-order valence-corrected chi connectivity index (χ4v) is 3.75. The number of nitrogens with zero attached hydrogens (tertiary/aromatic N) is 3. The second kappa shape index (κ2) is 6.03. The molecular weight excluding hydrogens is 286 g/mol. The molecule has 7 heteroatoms. The molecule has 0 aliphatic carbocycles. The van der Waals surface area contributed by atoms with Crippen molar-refractivity contribution in [1.82, 2.24) is 9.88 Å². The quantitative estimate of drug-likeness (QED) is 0.798. The standard InChI is InChI=1S/C14H21N5OS/c15-10-5-4-8-19(9-10)14-17-12(16)11(21-14)13(20)18-6-2-1-3-7-18/h1-2,10H,3-9,15-16H2. The molecule has 21 heavy (non-hydrogen) atoms. The lowest BCUT2D eigenvalue weighted by Gasteiger charge is -2.30. The van der Waals surface area contributed by atoms with Gasteiger partial charge in [-0.3, -0.25) is 4.79 Å². The Bertz CT molecular complexity index is 556. The molecule has 1 saturated heterocycles. The summed E-state index contributed by atoms with van der Waals surface area (Å²) in [4.78, 5) is 21.4. The smallest absolute Gasteiger partial charge is 0.268 e. The summed E-state index contributed by atoms with van der Waals surface area (Å²) >= 11 is 1.39. The van der Waals surface area contributed by atoms with Gasteiger partial charge in [-0.2, -0.15) is 0 Å². The number of carbonyl (C=O) groups is 1. The van der Waals surface area contributed by atoms with E-state index in [2.05, 4.69) is 16.0 Å². The molecule has 0 bridgehead atoms. The predicted molar refractivity (Wildman–Crippen MR) is 85.6 cm³/mol. The molecule has 6 nitrogen and oxygen atoms in total. The summed E-state index contributed by atoms with van der Waals surface area (Å²) in [5.41, 5.74) is 12.0. The minimum absolute atomic E-state index is 0.0121. The van der Waals surface area contributed by atoms with Crippen molar-refractivity contribution in [2.24, 2.45) is 5.73 Å². The van der Waals surface area contributed by atoms with Crippen LogP contribution in [0.15, 0.2) is 12.2 Å². The topological polar surface area (TPSA) is 88.5 Å². The lowest BCUT2D eigenvalue weighted by molar-refractivity contribution is 0.0776. The third kappa shape index (κ3) is 3.03. The maximum atomic E-state index is 12.5. The largest absolute Gasteiger partial charge is 0.382 e. The van der Waals surface area contributed by atoms with Crippen molar-refractivity contribution in [3.63, 3.8) is 0 Å². The number of rotatable bonds is 2. The number of carbonyl (C=O) groups excluding carboxylic acids is 1. The van der Waals surface area contributed by atoms with E-state index in [4.69, 9.17) is 11.5 Å². The molecule has 4 N–H and O–H groups in total. The summed E-state index contributed by atoms with van der Waals surface area (Å²) in [5, 5.41) is 0.818. The predicted octanol–water partition coefficient (Wildman–Crippen LogP) is 1.05. The van der Waals surface area contributed by atoms with Gasteiger partial charge >= 0.3 is 0 Å². The van der Waals surface area contributed by atoms with Crippen LogP contribution in [0.25, 0.3) is 0 Å². The summed E-state index contributed by atoms with van der Waals surface area (Å²) in [6.45, 7) is 3.12. The van der Waals surface area contributed by atoms with Gasteiger partial charge in [0.25, 0.3) is 5.91 Å². The Labute approximate surface area is 128 Å². The van der Waals surface area contributed by atoms with Gasteiger partial charge in [-0.05, 0) is 19.3 Å². The molecule has 3 heterocycles. The van der Waals surface area contributed by atoms with Gasteiger partial charge in [0.1, 0.15) is 10.7 Å². The summed E-state index contributed by atoms with van der Waals surface area (Å²) in [6, 6.07) is 0.176. The van der Waals surface area contributed by atoms with Crippen molar-refractivity contribution in [2.45, 2.75) is 25.3 Å². The van der Waals surface area contributed by atoms with Gasteiger partial charge in [0.2, 0.25) is 0 Å². The van der Waals surface area contributed by atoms with Gasteiger partial charge in [0, 0.05) is 32.2 Å². The Morgan fingerprint density at radius 1 is 1.38 bits per heavy atom. The molecule has 1 amide bonds. The van der Waals surface area contributed by atoms with Gasteiger partial charge in [-0.1, -0.05) is 23.5 Å². The van der Waals surface area contributed by atoms with E-state index in [1.165, 1.54) is 11.3 Å². The van der Waals surface area contributed by atoms with E-state index in [0.29, 0.717) is 17.2 Å². The number of anilines is 2. The van der Waals surface area contributed by atoms with Gasteiger partial charge in [-0.15, -0.1) is 0 Å². The van der Waals surface area contributed by atoms with Crippen LogP contribution in [0, 0.1) is 0 Å². The van der Waals surface area contributed by atoms with Crippen LogP contribution in [0.2, 0.25) is 0 Å². The zero-order valence-electron chi connectivity index (χ0n) is 12.0.